The van der Waals surface area contributed by atoms with Crippen LogP contribution in [0.1, 0.15) is 16.7 Å². The number of hydrogen-bond acceptors (Lipinski definition) is 3. The van der Waals surface area contributed by atoms with E-state index in [4.69, 9.17) is 5.10 Å². The van der Waals surface area contributed by atoms with E-state index >= 15 is 0 Å². The normalized spacial score (nSPS) is 10.8. The van der Waals surface area contributed by atoms with Crippen LogP contribution in [0.5, 0.6) is 0 Å². The highest BCUT2D eigenvalue weighted by molar-refractivity contribution is 5.73. The highest BCUT2D eigenvalue weighted by atomic mass is 15.3. The molecule has 4 nitrogen and oxygen atoms in total. The molecule has 0 saturated heterocycles. The van der Waals surface area contributed by atoms with Gasteiger partial charge in [0, 0.05) is 37.6 Å². The van der Waals surface area contributed by atoms with Crippen LogP contribution in [0.4, 0.5) is 5.82 Å². The Bertz CT molecular complexity index is 1080. The molecule has 0 aliphatic rings. The maximum absolute atomic E-state index is 4.71. The van der Waals surface area contributed by atoms with Gasteiger partial charge in [-0.1, -0.05) is 54.1 Å². The number of rotatable bonds is 5. The van der Waals surface area contributed by atoms with Crippen molar-refractivity contribution in [3.05, 3.63) is 89.7 Å². The van der Waals surface area contributed by atoms with Crippen LogP contribution >= 0.6 is 0 Å². The van der Waals surface area contributed by atoms with E-state index in [-0.39, 0.29) is 0 Å². The van der Waals surface area contributed by atoms with Gasteiger partial charge in [-0.25, -0.2) is 0 Å². The van der Waals surface area contributed by atoms with Gasteiger partial charge in [0.1, 0.15) is 5.82 Å². The van der Waals surface area contributed by atoms with Gasteiger partial charge < -0.3 is 5.32 Å². The zero-order chi connectivity index (χ0) is 19.5. The summed E-state index contributed by atoms with van der Waals surface area (Å²) in [5.41, 5.74) is 8.23. The highest BCUT2D eigenvalue weighted by Gasteiger charge is 2.10. The molecule has 4 rings (SSSR count). The third-order valence-electron chi connectivity index (χ3n) is 4.96. The number of pyridine rings is 1. The molecule has 0 saturated carbocycles. The minimum absolute atomic E-state index is 0.720. The van der Waals surface area contributed by atoms with Gasteiger partial charge in [-0.15, -0.1) is 0 Å². The molecule has 2 heterocycles. The fraction of sp³-hybridized carbons (Fsp3) is 0.167. The summed E-state index contributed by atoms with van der Waals surface area (Å²) in [4.78, 5) is 4.16. The van der Waals surface area contributed by atoms with Crippen LogP contribution in [0.15, 0.2) is 73.1 Å². The first-order valence-corrected chi connectivity index (χ1v) is 9.45. The Morgan fingerprint density at radius 3 is 2.43 bits per heavy atom. The Labute approximate surface area is 165 Å². The molecule has 140 valence electrons. The zero-order valence-corrected chi connectivity index (χ0v) is 16.5. The molecule has 0 radical (unpaired) electrons. The second-order valence-electron chi connectivity index (χ2n) is 7.15. The molecule has 2 aromatic carbocycles. The molecule has 0 amide bonds. The molecule has 4 aromatic rings. The minimum atomic E-state index is 0.720. The van der Waals surface area contributed by atoms with Crippen LogP contribution in [-0.2, 0) is 13.6 Å². The average molecular weight is 368 g/mol. The monoisotopic (exact) mass is 368 g/mol. The molecule has 0 bridgehead atoms. The second kappa shape index (κ2) is 7.69. The first-order chi connectivity index (χ1) is 13.6. The standard InChI is InChI=1S/C24H24N4/c1-17-6-8-20(9-7-17)21-10-11-22(18(2)13-21)23-14-24(28(3)27-23)26-16-19-5-4-12-25-15-19/h4-15,26H,16H2,1-3H3. The number of benzene rings is 2. The highest BCUT2D eigenvalue weighted by Crippen LogP contribution is 2.29. The minimum Gasteiger partial charge on any atom is -0.366 e. The molecule has 1 N–H and O–H groups in total. The summed E-state index contributed by atoms with van der Waals surface area (Å²) in [7, 11) is 1.96. The Morgan fingerprint density at radius 2 is 1.71 bits per heavy atom. The molecular formula is C24H24N4. The largest absolute Gasteiger partial charge is 0.366 e. The third kappa shape index (κ3) is 3.81. The van der Waals surface area contributed by atoms with Gasteiger partial charge in [-0.05, 0) is 42.2 Å². The van der Waals surface area contributed by atoms with Crippen molar-refractivity contribution >= 4 is 5.82 Å². The molecule has 4 heteroatoms. The van der Waals surface area contributed by atoms with Crippen molar-refractivity contribution in [2.45, 2.75) is 20.4 Å². The number of aryl methyl sites for hydroxylation is 3. The van der Waals surface area contributed by atoms with Crippen LogP contribution in [0, 0.1) is 13.8 Å². The molecular weight excluding hydrogens is 344 g/mol. The van der Waals surface area contributed by atoms with E-state index in [0.717, 1.165) is 29.2 Å². The van der Waals surface area contributed by atoms with Crippen molar-refractivity contribution in [2.24, 2.45) is 7.05 Å². The molecule has 0 unspecified atom stereocenters. The number of nitrogens with one attached hydrogen (secondary N) is 1. The van der Waals surface area contributed by atoms with Gasteiger partial charge >= 0.3 is 0 Å². The van der Waals surface area contributed by atoms with Gasteiger partial charge in [0.15, 0.2) is 0 Å². The lowest BCUT2D eigenvalue weighted by molar-refractivity contribution is 0.771. The number of hydrogen-bond donors (Lipinski definition) is 1. The summed E-state index contributed by atoms with van der Waals surface area (Å²) >= 11 is 0. The average Bonchev–Trinajstić information content (AvgIpc) is 3.08. The first kappa shape index (κ1) is 18.0. The maximum atomic E-state index is 4.71. The van der Waals surface area contributed by atoms with E-state index < -0.39 is 0 Å². The van der Waals surface area contributed by atoms with E-state index in [1.807, 2.05) is 24.0 Å². The van der Waals surface area contributed by atoms with Crippen molar-refractivity contribution in [1.82, 2.24) is 14.8 Å². The molecule has 28 heavy (non-hydrogen) atoms. The molecule has 2 aromatic heterocycles. The van der Waals surface area contributed by atoms with Gasteiger partial charge in [0.05, 0.1) is 5.69 Å². The molecule has 0 atom stereocenters. The van der Waals surface area contributed by atoms with Crippen molar-refractivity contribution in [2.75, 3.05) is 5.32 Å². The summed E-state index contributed by atoms with van der Waals surface area (Å²) < 4.78 is 1.89. The van der Waals surface area contributed by atoms with Crippen LogP contribution in [0.2, 0.25) is 0 Å². The Balaban J connectivity index is 1.56. The van der Waals surface area contributed by atoms with E-state index in [1.165, 1.54) is 22.3 Å². The lowest BCUT2D eigenvalue weighted by Gasteiger charge is -2.07. The van der Waals surface area contributed by atoms with Crippen LogP contribution in [-0.4, -0.2) is 14.8 Å². The van der Waals surface area contributed by atoms with Crippen LogP contribution < -0.4 is 5.32 Å². The summed E-state index contributed by atoms with van der Waals surface area (Å²) in [6.45, 7) is 4.97. The quantitative estimate of drug-likeness (QED) is 0.514. The van der Waals surface area contributed by atoms with E-state index in [2.05, 4.69) is 78.7 Å². The second-order valence-corrected chi connectivity index (χ2v) is 7.15. The Morgan fingerprint density at radius 1 is 0.929 bits per heavy atom. The van der Waals surface area contributed by atoms with E-state index in [9.17, 15) is 0 Å². The van der Waals surface area contributed by atoms with Crippen molar-refractivity contribution in [3.8, 4) is 22.4 Å². The molecule has 0 aliphatic heterocycles. The van der Waals surface area contributed by atoms with Gasteiger partial charge in [0.2, 0.25) is 0 Å². The first-order valence-electron chi connectivity index (χ1n) is 9.45. The fourth-order valence-electron chi connectivity index (χ4n) is 3.34. The predicted octanol–water partition coefficient (Wildman–Crippen LogP) is 5.38. The van der Waals surface area contributed by atoms with Crippen LogP contribution in [0.3, 0.4) is 0 Å². The Hall–Kier alpha value is -3.40. The van der Waals surface area contributed by atoms with Crippen LogP contribution in [0.25, 0.3) is 22.4 Å². The maximum Gasteiger partial charge on any atom is 0.124 e. The summed E-state index contributed by atoms with van der Waals surface area (Å²) in [6.07, 6.45) is 3.66. The number of aromatic nitrogens is 3. The smallest absolute Gasteiger partial charge is 0.124 e. The van der Waals surface area contributed by atoms with Crippen molar-refractivity contribution in [3.63, 3.8) is 0 Å². The van der Waals surface area contributed by atoms with Gasteiger partial charge in [-0.3, -0.25) is 9.67 Å². The third-order valence-corrected chi connectivity index (χ3v) is 4.96. The zero-order valence-electron chi connectivity index (χ0n) is 16.5. The molecule has 0 aliphatic carbocycles. The SMILES string of the molecule is Cc1ccc(-c2ccc(-c3cc(NCc4cccnc4)n(C)n3)c(C)c2)cc1. The Kier molecular flexibility index (Phi) is 4.94. The van der Waals surface area contributed by atoms with Crippen molar-refractivity contribution < 1.29 is 0 Å². The fourth-order valence-corrected chi connectivity index (χ4v) is 3.34. The lowest BCUT2D eigenvalue weighted by Crippen LogP contribution is -2.04. The number of nitrogens with zero attached hydrogens (tertiary/aromatic N) is 3. The van der Waals surface area contributed by atoms with Gasteiger partial charge in [0.25, 0.3) is 0 Å². The van der Waals surface area contributed by atoms with Crippen molar-refractivity contribution in [1.29, 1.82) is 0 Å². The molecule has 0 fully saturated rings. The summed E-state index contributed by atoms with van der Waals surface area (Å²) in [5, 5.41) is 8.15. The predicted molar refractivity (Wildman–Crippen MR) is 115 cm³/mol. The van der Waals surface area contributed by atoms with E-state index in [0.29, 0.717) is 0 Å². The lowest BCUT2D eigenvalue weighted by atomic mass is 9.98. The topological polar surface area (TPSA) is 42.7 Å². The van der Waals surface area contributed by atoms with Gasteiger partial charge in [-0.2, -0.15) is 5.10 Å². The summed E-state index contributed by atoms with van der Waals surface area (Å²) in [5.74, 6) is 0.987. The summed E-state index contributed by atoms with van der Waals surface area (Å²) in [6, 6.07) is 21.3. The van der Waals surface area contributed by atoms with E-state index in [1.54, 1.807) is 6.20 Å². The number of anilines is 1. The molecule has 0 spiro atoms.